The van der Waals surface area contributed by atoms with Crippen molar-refractivity contribution in [2.24, 2.45) is 5.92 Å². The lowest BCUT2D eigenvalue weighted by molar-refractivity contribution is -0.121. The maximum Gasteiger partial charge on any atom is 0.339 e. The molecule has 0 radical (unpaired) electrons. The van der Waals surface area contributed by atoms with Crippen molar-refractivity contribution in [3.8, 4) is 5.75 Å². The van der Waals surface area contributed by atoms with E-state index in [0.717, 1.165) is 11.6 Å². The molecule has 0 saturated heterocycles. The predicted molar refractivity (Wildman–Crippen MR) is 109 cm³/mol. The van der Waals surface area contributed by atoms with E-state index in [-0.39, 0.29) is 24.3 Å². The van der Waals surface area contributed by atoms with E-state index in [9.17, 15) is 14.7 Å². The number of amides is 1. The van der Waals surface area contributed by atoms with E-state index in [0.29, 0.717) is 17.7 Å². The van der Waals surface area contributed by atoms with Gasteiger partial charge < -0.3 is 20.9 Å². The molecule has 1 unspecified atom stereocenters. The summed E-state index contributed by atoms with van der Waals surface area (Å²) < 4.78 is 42.0. The van der Waals surface area contributed by atoms with Crippen LogP contribution in [0.15, 0.2) is 42.5 Å². The number of nitrogen functional groups attached to an aromatic ring is 1. The van der Waals surface area contributed by atoms with Gasteiger partial charge in [-0.3, -0.25) is 4.79 Å². The Morgan fingerprint density at radius 2 is 2.04 bits per heavy atom. The van der Waals surface area contributed by atoms with Crippen LogP contribution in [0.25, 0.3) is 0 Å². The molecular weight excluding hydrogens is 356 g/mol. The summed E-state index contributed by atoms with van der Waals surface area (Å²) in [7, 11) is 0. The first kappa shape index (κ1) is 15.0. The van der Waals surface area contributed by atoms with Crippen LogP contribution in [-0.4, -0.2) is 23.5 Å². The molecular formula is C22H28N2O4. The van der Waals surface area contributed by atoms with Gasteiger partial charge in [-0.2, -0.15) is 0 Å². The zero-order valence-corrected chi connectivity index (χ0v) is 15.9. The van der Waals surface area contributed by atoms with E-state index >= 15 is 0 Å². The Bertz CT molecular complexity index is 1010. The van der Waals surface area contributed by atoms with Gasteiger partial charge in [-0.15, -0.1) is 0 Å². The summed E-state index contributed by atoms with van der Waals surface area (Å²) in [5.74, 6) is -1.98. The highest BCUT2D eigenvalue weighted by molar-refractivity contribution is 5.91. The predicted octanol–water partition coefficient (Wildman–Crippen LogP) is 3.81. The number of carbonyl (C=O) groups excluding carboxylic acids is 1. The van der Waals surface area contributed by atoms with Gasteiger partial charge in [-0.1, -0.05) is 38.1 Å². The number of rotatable bonds is 9. The number of benzene rings is 2. The van der Waals surface area contributed by atoms with Gasteiger partial charge in [0, 0.05) is 9.80 Å². The molecule has 0 aromatic heterocycles. The van der Waals surface area contributed by atoms with Crippen molar-refractivity contribution < 1.29 is 26.3 Å². The summed E-state index contributed by atoms with van der Waals surface area (Å²) in [6.45, 7) is -2.22. The van der Waals surface area contributed by atoms with Gasteiger partial charge in [0.2, 0.25) is 5.91 Å². The van der Waals surface area contributed by atoms with Crippen LogP contribution in [0.4, 0.5) is 5.69 Å². The Labute approximate surface area is 172 Å². The van der Waals surface area contributed by atoms with Crippen LogP contribution in [-0.2, 0) is 11.2 Å². The summed E-state index contributed by atoms with van der Waals surface area (Å²) in [5.41, 5.74) is 7.34. The minimum atomic E-state index is -3.14. The number of carboxylic acid groups (broad SMARTS) is 1. The second-order valence-corrected chi connectivity index (χ2v) is 6.90. The smallest absolute Gasteiger partial charge is 0.339 e. The third-order valence-electron chi connectivity index (χ3n) is 4.22. The number of nitrogens with one attached hydrogen (secondary N) is 1. The minimum Gasteiger partial charge on any atom is -0.493 e. The molecule has 28 heavy (non-hydrogen) atoms. The van der Waals surface area contributed by atoms with Crippen LogP contribution in [0.5, 0.6) is 5.75 Å². The lowest BCUT2D eigenvalue weighted by atomic mass is 9.95. The van der Waals surface area contributed by atoms with E-state index in [1.807, 2.05) is 26.0 Å². The number of hydrogen-bond acceptors (Lipinski definition) is 4. The third kappa shape index (κ3) is 5.74. The number of aromatic carboxylic acids is 1. The molecule has 1 atom stereocenters. The van der Waals surface area contributed by atoms with Crippen LogP contribution < -0.4 is 15.8 Å². The van der Waals surface area contributed by atoms with Crippen molar-refractivity contribution in [3.63, 3.8) is 0 Å². The quantitative estimate of drug-likeness (QED) is 0.566. The number of nitrogens with two attached hydrogens (primary N) is 1. The Balaban J connectivity index is 2.27. The van der Waals surface area contributed by atoms with Crippen LogP contribution in [0, 0.1) is 5.92 Å². The maximum absolute atomic E-state index is 12.8. The number of carboxylic acids is 1. The van der Waals surface area contributed by atoms with Crippen LogP contribution in [0.2, 0.25) is 0 Å². The largest absolute Gasteiger partial charge is 0.493 e. The lowest BCUT2D eigenvalue weighted by Crippen LogP contribution is -2.31. The first-order valence-corrected chi connectivity index (χ1v) is 8.90. The Hall–Kier alpha value is -3.02. The van der Waals surface area contributed by atoms with E-state index in [2.05, 4.69) is 5.32 Å². The monoisotopic (exact) mass is 389 g/mol. The van der Waals surface area contributed by atoms with Crippen LogP contribution >= 0.6 is 0 Å². The SMILES string of the molecule is [2H]C([2H])([2H])C([2H])([2H])Oc1cc(CC(=O)NC(CC(C)C)c2ccccc2N)ccc1C(=O)O. The molecule has 4 N–H and O–H groups in total. The van der Waals surface area contributed by atoms with Gasteiger partial charge in [0.25, 0.3) is 0 Å². The molecule has 0 spiro atoms. The number of para-hydroxylation sites is 1. The molecule has 0 bridgehead atoms. The standard InChI is InChI=1S/C22H28N2O4/c1-4-28-20-12-15(9-10-17(20)22(26)27)13-21(25)24-19(11-14(2)3)16-7-5-6-8-18(16)23/h5-10,12,14,19H,4,11,13,23H2,1-3H3,(H,24,25)(H,26,27)/i1D3,4D2. The lowest BCUT2D eigenvalue weighted by Gasteiger charge is -2.22. The van der Waals surface area contributed by atoms with Crippen molar-refractivity contribution in [2.75, 3.05) is 12.3 Å². The first-order valence-electron chi connectivity index (χ1n) is 11.4. The Morgan fingerprint density at radius 3 is 2.68 bits per heavy atom. The normalized spacial score (nSPS) is 15.5. The fourth-order valence-electron chi connectivity index (χ4n) is 2.99. The van der Waals surface area contributed by atoms with E-state index in [1.54, 1.807) is 12.1 Å². The zero-order valence-electron chi connectivity index (χ0n) is 20.9. The minimum absolute atomic E-state index is 0.158. The molecule has 6 heteroatoms. The molecule has 2 aromatic carbocycles. The van der Waals surface area contributed by atoms with Gasteiger partial charge in [0.15, 0.2) is 0 Å². The summed E-state index contributed by atoms with van der Waals surface area (Å²) >= 11 is 0. The first-order chi connectivity index (χ1) is 15.2. The zero-order chi connectivity index (χ0) is 25.0. The van der Waals surface area contributed by atoms with Crippen molar-refractivity contribution in [1.82, 2.24) is 5.32 Å². The second kappa shape index (κ2) is 9.78. The summed E-state index contributed by atoms with van der Waals surface area (Å²) in [4.78, 5) is 24.3. The van der Waals surface area contributed by atoms with Gasteiger partial charge >= 0.3 is 5.97 Å². The molecule has 6 nitrogen and oxygen atoms in total. The molecule has 0 fully saturated rings. The topological polar surface area (TPSA) is 102 Å². The highest BCUT2D eigenvalue weighted by Crippen LogP contribution is 2.26. The van der Waals surface area contributed by atoms with Crippen molar-refractivity contribution >= 4 is 17.6 Å². The number of ether oxygens (including phenoxy) is 1. The number of hydrogen-bond donors (Lipinski definition) is 3. The fourth-order valence-corrected chi connectivity index (χ4v) is 2.99. The van der Waals surface area contributed by atoms with Gasteiger partial charge in [0.1, 0.15) is 11.3 Å². The number of carbonyl (C=O) groups is 2. The van der Waals surface area contributed by atoms with Gasteiger partial charge in [0.05, 0.1) is 21.8 Å². The average molecular weight is 390 g/mol. The van der Waals surface area contributed by atoms with Crippen LogP contribution in [0.3, 0.4) is 0 Å². The highest BCUT2D eigenvalue weighted by atomic mass is 16.5. The molecule has 1 amide bonds. The summed E-state index contributed by atoms with van der Waals surface area (Å²) in [6, 6.07) is 10.6. The maximum atomic E-state index is 12.8. The summed E-state index contributed by atoms with van der Waals surface area (Å²) in [5, 5.41) is 12.3. The van der Waals surface area contributed by atoms with Crippen molar-refractivity contribution in [3.05, 3.63) is 59.2 Å². The molecule has 0 aliphatic rings. The van der Waals surface area contributed by atoms with Gasteiger partial charge in [-0.25, -0.2) is 4.79 Å². The van der Waals surface area contributed by atoms with E-state index in [4.69, 9.17) is 17.3 Å². The molecule has 2 aromatic rings. The Kier molecular flexibility index (Phi) is 5.23. The molecule has 0 saturated carbocycles. The molecule has 0 aliphatic carbocycles. The van der Waals surface area contributed by atoms with E-state index in [1.165, 1.54) is 12.1 Å². The third-order valence-corrected chi connectivity index (χ3v) is 4.22. The molecule has 2 rings (SSSR count). The van der Waals surface area contributed by atoms with Crippen LogP contribution in [0.1, 0.15) is 61.5 Å². The Morgan fingerprint density at radius 1 is 1.29 bits per heavy atom. The molecule has 150 valence electrons. The number of anilines is 1. The van der Waals surface area contributed by atoms with Crippen molar-refractivity contribution in [1.29, 1.82) is 0 Å². The fraction of sp³-hybridized carbons (Fsp3) is 0.364. The van der Waals surface area contributed by atoms with Crippen molar-refractivity contribution in [2.45, 2.75) is 39.6 Å². The van der Waals surface area contributed by atoms with Gasteiger partial charge in [-0.05, 0) is 48.5 Å². The summed E-state index contributed by atoms with van der Waals surface area (Å²) in [6.07, 6.45) is 0.486. The second-order valence-electron chi connectivity index (χ2n) is 6.90. The average Bonchev–Trinajstić information content (AvgIpc) is 2.66. The highest BCUT2D eigenvalue weighted by Gasteiger charge is 2.19. The molecule has 0 aliphatic heterocycles. The van der Waals surface area contributed by atoms with E-state index < -0.39 is 30.7 Å². The molecule has 0 heterocycles.